The normalized spacial score (nSPS) is 22.7. The van der Waals surface area contributed by atoms with E-state index in [2.05, 4.69) is 36.1 Å². The minimum absolute atomic E-state index is 0.117. The summed E-state index contributed by atoms with van der Waals surface area (Å²) in [6, 6.07) is 8.41. The molecule has 1 heterocycles. The summed E-state index contributed by atoms with van der Waals surface area (Å²) in [5.74, 6) is 0. The number of hydrogen-bond donors (Lipinski definition) is 1. The molecule has 1 aromatic rings. The number of rotatable bonds is 1. The van der Waals surface area contributed by atoms with Crippen LogP contribution in [0.4, 0.5) is 0 Å². The predicted octanol–water partition coefficient (Wildman–Crippen LogP) is 1.48. The van der Waals surface area contributed by atoms with Crippen LogP contribution >= 0.6 is 0 Å². The topological polar surface area (TPSA) is 29.3 Å². The lowest BCUT2D eigenvalue weighted by atomic mass is 10.1. The van der Waals surface area contributed by atoms with Crippen LogP contribution in [0.1, 0.15) is 24.2 Å². The van der Waals surface area contributed by atoms with Crippen LogP contribution in [0, 0.1) is 0 Å². The van der Waals surface area contributed by atoms with E-state index in [-0.39, 0.29) is 6.17 Å². The van der Waals surface area contributed by atoms with Gasteiger partial charge in [-0.25, -0.2) is 0 Å². The molecular weight excluding hydrogens is 148 g/mol. The number of nitrogens with zero attached hydrogens (tertiary/aromatic N) is 1. The lowest BCUT2D eigenvalue weighted by Crippen LogP contribution is -2.27. The van der Waals surface area contributed by atoms with Crippen LogP contribution in [0.25, 0.3) is 0 Å². The Bertz CT molecular complexity index is 283. The summed E-state index contributed by atoms with van der Waals surface area (Å²) in [6.07, 6.45) is 0.117. The maximum atomic E-state index is 6.03. The van der Waals surface area contributed by atoms with E-state index in [1.165, 1.54) is 11.1 Å². The molecule has 0 aromatic heterocycles. The van der Waals surface area contributed by atoms with E-state index in [0.29, 0.717) is 0 Å². The van der Waals surface area contributed by atoms with E-state index in [1.807, 2.05) is 0 Å². The van der Waals surface area contributed by atoms with E-state index in [1.54, 1.807) is 0 Å². The van der Waals surface area contributed by atoms with E-state index in [4.69, 9.17) is 5.73 Å². The summed E-state index contributed by atoms with van der Waals surface area (Å²) in [5.41, 5.74) is 8.70. The van der Waals surface area contributed by atoms with Gasteiger partial charge in [-0.3, -0.25) is 4.90 Å². The predicted molar refractivity (Wildman–Crippen MR) is 49.5 cm³/mol. The zero-order chi connectivity index (χ0) is 8.55. The van der Waals surface area contributed by atoms with Crippen LogP contribution in [0.15, 0.2) is 24.3 Å². The lowest BCUT2D eigenvalue weighted by molar-refractivity contribution is 0.232. The van der Waals surface area contributed by atoms with Crippen molar-refractivity contribution in [3.63, 3.8) is 0 Å². The SMILES string of the molecule is CCN1Cc2ccccc2C1N. The zero-order valence-corrected chi connectivity index (χ0v) is 7.33. The summed E-state index contributed by atoms with van der Waals surface area (Å²) in [6.45, 7) is 4.18. The summed E-state index contributed by atoms with van der Waals surface area (Å²) < 4.78 is 0. The Balaban J connectivity index is 2.35. The fraction of sp³-hybridized carbons (Fsp3) is 0.400. The summed E-state index contributed by atoms with van der Waals surface area (Å²) in [7, 11) is 0. The second kappa shape index (κ2) is 2.88. The zero-order valence-electron chi connectivity index (χ0n) is 7.33. The Morgan fingerprint density at radius 1 is 1.50 bits per heavy atom. The molecule has 0 bridgehead atoms. The van der Waals surface area contributed by atoms with Gasteiger partial charge in [-0.05, 0) is 17.7 Å². The summed E-state index contributed by atoms with van der Waals surface area (Å²) in [4.78, 5) is 2.27. The Morgan fingerprint density at radius 2 is 2.25 bits per heavy atom. The lowest BCUT2D eigenvalue weighted by Gasteiger charge is -2.18. The quantitative estimate of drug-likeness (QED) is 0.677. The first-order valence-corrected chi connectivity index (χ1v) is 4.40. The third-order valence-electron chi connectivity index (χ3n) is 2.55. The average molecular weight is 162 g/mol. The highest BCUT2D eigenvalue weighted by Gasteiger charge is 2.24. The van der Waals surface area contributed by atoms with Crippen molar-refractivity contribution in [3.8, 4) is 0 Å². The Kier molecular flexibility index (Phi) is 1.87. The van der Waals surface area contributed by atoms with Crippen molar-refractivity contribution >= 4 is 0 Å². The van der Waals surface area contributed by atoms with Crippen LogP contribution < -0.4 is 5.73 Å². The highest BCUT2D eigenvalue weighted by atomic mass is 15.2. The Labute approximate surface area is 73.0 Å². The maximum Gasteiger partial charge on any atom is 0.0841 e. The molecule has 64 valence electrons. The monoisotopic (exact) mass is 162 g/mol. The molecule has 12 heavy (non-hydrogen) atoms. The van der Waals surface area contributed by atoms with Gasteiger partial charge in [0.05, 0.1) is 6.17 Å². The van der Waals surface area contributed by atoms with Gasteiger partial charge in [0.2, 0.25) is 0 Å². The fourth-order valence-electron chi connectivity index (χ4n) is 1.79. The van der Waals surface area contributed by atoms with Crippen LogP contribution in [0.2, 0.25) is 0 Å². The van der Waals surface area contributed by atoms with Crippen LogP contribution in [0.5, 0.6) is 0 Å². The van der Waals surface area contributed by atoms with Crippen LogP contribution in [0.3, 0.4) is 0 Å². The molecule has 0 fully saturated rings. The van der Waals surface area contributed by atoms with E-state index >= 15 is 0 Å². The van der Waals surface area contributed by atoms with Crippen molar-refractivity contribution in [2.45, 2.75) is 19.6 Å². The van der Waals surface area contributed by atoms with E-state index < -0.39 is 0 Å². The first-order valence-electron chi connectivity index (χ1n) is 4.40. The van der Waals surface area contributed by atoms with Gasteiger partial charge in [0.25, 0.3) is 0 Å². The fourth-order valence-corrected chi connectivity index (χ4v) is 1.79. The van der Waals surface area contributed by atoms with Gasteiger partial charge >= 0.3 is 0 Å². The van der Waals surface area contributed by atoms with Gasteiger partial charge in [-0.1, -0.05) is 31.2 Å². The largest absolute Gasteiger partial charge is 0.312 e. The van der Waals surface area contributed by atoms with Crippen LogP contribution in [-0.2, 0) is 6.54 Å². The Morgan fingerprint density at radius 3 is 2.92 bits per heavy atom. The molecule has 2 N–H and O–H groups in total. The minimum atomic E-state index is 0.117. The smallest absolute Gasteiger partial charge is 0.0841 e. The van der Waals surface area contributed by atoms with Gasteiger partial charge in [0.15, 0.2) is 0 Å². The number of benzene rings is 1. The molecule has 0 aliphatic carbocycles. The van der Waals surface area contributed by atoms with Gasteiger partial charge in [-0.2, -0.15) is 0 Å². The van der Waals surface area contributed by atoms with E-state index in [9.17, 15) is 0 Å². The molecular formula is C10H14N2. The molecule has 0 radical (unpaired) electrons. The van der Waals surface area contributed by atoms with Gasteiger partial charge in [-0.15, -0.1) is 0 Å². The molecule has 1 aliphatic rings. The maximum absolute atomic E-state index is 6.03. The number of fused-ring (bicyclic) bond motifs is 1. The molecule has 0 saturated carbocycles. The van der Waals surface area contributed by atoms with Crippen molar-refractivity contribution in [2.75, 3.05) is 6.54 Å². The summed E-state index contributed by atoms with van der Waals surface area (Å²) in [5, 5.41) is 0. The van der Waals surface area contributed by atoms with Crippen molar-refractivity contribution in [1.29, 1.82) is 0 Å². The summed E-state index contributed by atoms with van der Waals surface area (Å²) >= 11 is 0. The molecule has 2 heteroatoms. The van der Waals surface area contributed by atoms with Gasteiger partial charge in [0.1, 0.15) is 0 Å². The highest BCUT2D eigenvalue weighted by molar-refractivity contribution is 5.33. The van der Waals surface area contributed by atoms with Crippen molar-refractivity contribution in [2.24, 2.45) is 5.73 Å². The van der Waals surface area contributed by atoms with E-state index in [0.717, 1.165) is 13.1 Å². The third kappa shape index (κ3) is 1.04. The highest BCUT2D eigenvalue weighted by Crippen LogP contribution is 2.28. The molecule has 0 saturated heterocycles. The second-order valence-electron chi connectivity index (χ2n) is 3.21. The molecule has 1 atom stereocenters. The van der Waals surface area contributed by atoms with Crippen molar-refractivity contribution in [3.05, 3.63) is 35.4 Å². The molecule has 2 nitrogen and oxygen atoms in total. The molecule has 0 amide bonds. The molecule has 1 aromatic carbocycles. The number of hydrogen-bond acceptors (Lipinski definition) is 2. The van der Waals surface area contributed by atoms with Crippen molar-refractivity contribution in [1.82, 2.24) is 4.90 Å². The first-order chi connectivity index (χ1) is 5.83. The molecule has 2 rings (SSSR count). The molecule has 0 spiro atoms. The standard InChI is InChI=1S/C10H14N2/c1-2-12-7-8-5-3-4-6-9(8)10(12)11/h3-6,10H,2,7,11H2,1H3. The second-order valence-corrected chi connectivity index (χ2v) is 3.21. The van der Waals surface area contributed by atoms with Crippen LogP contribution in [-0.4, -0.2) is 11.4 Å². The minimum Gasteiger partial charge on any atom is -0.312 e. The van der Waals surface area contributed by atoms with Gasteiger partial charge in [0, 0.05) is 6.54 Å². The molecule has 1 unspecified atom stereocenters. The molecule has 1 aliphatic heterocycles. The van der Waals surface area contributed by atoms with Gasteiger partial charge < -0.3 is 5.73 Å². The van der Waals surface area contributed by atoms with Crippen molar-refractivity contribution < 1.29 is 0 Å². The third-order valence-corrected chi connectivity index (χ3v) is 2.55. The number of nitrogens with two attached hydrogens (primary N) is 1. The first kappa shape index (κ1) is 7.77. The Hall–Kier alpha value is -0.860. The average Bonchev–Trinajstić information content (AvgIpc) is 2.44.